The Hall–Kier alpha value is -2.81. The van der Waals surface area contributed by atoms with Crippen molar-refractivity contribution in [1.82, 2.24) is 9.80 Å². The number of rotatable bonds is 9. The molecule has 0 aliphatic carbocycles. The molecule has 0 spiro atoms. The third-order valence-electron chi connectivity index (χ3n) is 5.27. The standard InChI is InChI=1S/C23H31N3O5/c1-25-10-12-26(13-11-25)15-19(27)16-31-20-7-5-18(6-8-20)24-23(28)17-4-9-21(29-2)22(14-17)30-3/h4-9,14,19,27H,10-13,15-16H2,1-3H3,(H,24,28). The number of β-amino-alcohol motifs (C(OH)–C–C–N with tert-alkyl or cyclic N) is 1. The summed E-state index contributed by atoms with van der Waals surface area (Å²) < 4.78 is 16.1. The molecule has 1 fully saturated rings. The van der Waals surface area contributed by atoms with Gasteiger partial charge in [-0.15, -0.1) is 0 Å². The number of carbonyl (C=O) groups excluding carboxylic acids is 1. The van der Waals surface area contributed by atoms with Gasteiger partial charge in [0.2, 0.25) is 0 Å². The van der Waals surface area contributed by atoms with Crippen LogP contribution in [0.2, 0.25) is 0 Å². The van der Waals surface area contributed by atoms with Gasteiger partial charge in [0.25, 0.3) is 5.91 Å². The molecule has 1 unspecified atom stereocenters. The van der Waals surface area contributed by atoms with Crippen molar-refractivity contribution in [3.8, 4) is 17.2 Å². The van der Waals surface area contributed by atoms with Crippen molar-refractivity contribution in [3.63, 3.8) is 0 Å². The fourth-order valence-electron chi connectivity index (χ4n) is 3.39. The van der Waals surface area contributed by atoms with Gasteiger partial charge in [0.05, 0.1) is 14.2 Å². The number of aliphatic hydroxyl groups is 1. The van der Waals surface area contributed by atoms with Crippen molar-refractivity contribution in [2.75, 3.05) is 65.9 Å². The van der Waals surface area contributed by atoms with Gasteiger partial charge in [-0.25, -0.2) is 0 Å². The largest absolute Gasteiger partial charge is 0.493 e. The summed E-state index contributed by atoms with van der Waals surface area (Å²) in [6.07, 6.45) is -0.548. The molecule has 2 N–H and O–H groups in total. The SMILES string of the molecule is COc1ccc(C(=O)Nc2ccc(OCC(O)CN3CCN(C)CC3)cc2)cc1OC. The van der Waals surface area contributed by atoms with Gasteiger partial charge in [0.15, 0.2) is 11.5 Å². The van der Waals surface area contributed by atoms with E-state index in [2.05, 4.69) is 22.2 Å². The fourth-order valence-corrected chi connectivity index (χ4v) is 3.39. The van der Waals surface area contributed by atoms with Crippen LogP contribution >= 0.6 is 0 Å². The minimum atomic E-state index is -0.548. The predicted octanol–water partition coefficient (Wildman–Crippen LogP) is 1.94. The normalized spacial score (nSPS) is 15.9. The number of hydrogen-bond acceptors (Lipinski definition) is 7. The first kappa shape index (κ1) is 22.9. The van der Waals surface area contributed by atoms with E-state index >= 15 is 0 Å². The number of likely N-dealkylation sites (N-methyl/N-ethyl adjacent to an activating group) is 1. The molecule has 0 aromatic heterocycles. The van der Waals surface area contributed by atoms with Gasteiger partial charge in [-0.05, 0) is 49.5 Å². The zero-order valence-corrected chi connectivity index (χ0v) is 18.3. The zero-order chi connectivity index (χ0) is 22.2. The lowest BCUT2D eigenvalue weighted by Crippen LogP contribution is -2.47. The minimum Gasteiger partial charge on any atom is -0.493 e. The lowest BCUT2D eigenvalue weighted by molar-refractivity contribution is 0.0505. The second-order valence-electron chi connectivity index (χ2n) is 7.62. The number of aliphatic hydroxyl groups excluding tert-OH is 1. The lowest BCUT2D eigenvalue weighted by Gasteiger charge is -2.33. The van der Waals surface area contributed by atoms with Crippen LogP contribution in [0.3, 0.4) is 0 Å². The van der Waals surface area contributed by atoms with Crippen LogP contribution in [0.4, 0.5) is 5.69 Å². The summed E-state index contributed by atoms with van der Waals surface area (Å²) in [6, 6.07) is 12.1. The third-order valence-corrected chi connectivity index (χ3v) is 5.27. The zero-order valence-electron chi connectivity index (χ0n) is 18.3. The van der Waals surface area contributed by atoms with Crippen molar-refractivity contribution in [2.45, 2.75) is 6.10 Å². The average Bonchev–Trinajstić information content (AvgIpc) is 2.79. The fraction of sp³-hybridized carbons (Fsp3) is 0.435. The smallest absolute Gasteiger partial charge is 0.255 e. The molecule has 8 nitrogen and oxygen atoms in total. The van der Waals surface area contributed by atoms with Crippen LogP contribution < -0.4 is 19.5 Å². The molecule has 8 heteroatoms. The van der Waals surface area contributed by atoms with E-state index in [1.807, 2.05) is 0 Å². The summed E-state index contributed by atoms with van der Waals surface area (Å²) in [5, 5.41) is 13.1. The monoisotopic (exact) mass is 429 g/mol. The van der Waals surface area contributed by atoms with Gasteiger partial charge in [-0.1, -0.05) is 0 Å². The van der Waals surface area contributed by atoms with Crippen LogP contribution in [-0.2, 0) is 0 Å². The van der Waals surface area contributed by atoms with E-state index in [1.54, 1.807) is 49.6 Å². The van der Waals surface area contributed by atoms with Crippen molar-refractivity contribution in [2.24, 2.45) is 0 Å². The highest BCUT2D eigenvalue weighted by Crippen LogP contribution is 2.28. The van der Waals surface area contributed by atoms with Crippen LogP contribution in [0, 0.1) is 0 Å². The molecule has 1 atom stereocenters. The van der Waals surface area contributed by atoms with Crippen LogP contribution in [0.5, 0.6) is 17.2 Å². The minimum absolute atomic E-state index is 0.226. The number of carbonyl (C=O) groups is 1. The van der Waals surface area contributed by atoms with E-state index in [4.69, 9.17) is 14.2 Å². The molecule has 1 aliphatic rings. The maximum absolute atomic E-state index is 12.5. The maximum Gasteiger partial charge on any atom is 0.255 e. The molecule has 0 saturated carbocycles. The van der Waals surface area contributed by atoms with E-state index in [-0.39, 0.29) is 12.5 Å². The molecule has 3 rings (SSSR count). The van der Waals surface area contributed by atoms with E-state index in [9.17, 15) is 9.90 Å². The van der Waals surface area contributed by atoms with E-state index < -0.39 is 6.10 Å². The van der Waals surface area contributed by atoms with Gasteiger partial charge in [0, 0.05) is 44.0 Å². The van der Waals surface area contributed by atoms with Gasteiger partial charge in [-0.3, -0.25) is 9.69 Å². The Morgan fingerprint density at radius 2 is 1.71 bits per heavy atom. The Kier molecular flexibility index (Phi) is 8.11. The quantitative estimate of drug-likeness (QED) is 0.630. The topological polar surface area (TPSA) is 83.5 Å². The molecule has 1 amide bonds. The first-order valence-corrected chi connectivity index (χ1v) is 10.3. The van der Waals surface area contributed by atoms with E-state index in [0.29, 0.717) is 35.0 Å². The van der Waals surface area contributed by atoms with Gasteiger partial charge in [-0.2, -0.15) is 0 Å². The number of hydrogen-bond donors (Lipinski definition) is 2. The van der Waals surface area contributed by atoms with Crippen molar-refractivity contribution in [1.29, 1.82) is 0 Å². The van der Waals surface area contributed by atoms with Gasteiger partial charge >= 0.3 is 0 Å². The summed E-state index contributed by atoms with van der Waals surface area (Å²) in [7, 11) is 5.18. The second-order valence-corrected chi connectivity index (χ2v) is 7.62. The molecule has 31 heavy (non-hydrogen) atoms. The number of amides is 1. The average molecular weight is 430 g/mol. The molecular formula is C23H31N3O5. The highest BCUT2D eigenvalue weighted by molar-refractivity contribution is 6.04. The number of ether oxygens (including phenoxy) is 3. The number of nitrogens with zero attached hydrogens (tertiary/aromatic N) is 2. The Morgan fingerprint density at radius 3 is 2.35 bits per heavy atom. The summed E-state index contributed by atoms with van der Waals surface area (Å²) >= 11 is 0. The number of methoxy groups -OCH3 is 2. The van der Waals surface area contributed by atoms with Crippen molar-refractivity contribution < 1.29 is 24.1 Å². The van der Waals surface area contributed by atoms with Gasteiger partial charge in [0.1, 0.15) is 18.5 Å². The molecule has 1 aliphatic heterocycles. The van der Waals surface area contributed by atoms with Crippen LogP contribution in [0.25, 0.3) is 0 Å². The summed E-state index contributed by atoms with van der Waals surface area (Å²) in [5.74, 6) is 1.45. The first-order valence-electron chi connectivity index (χ1n) is 10.3. The number of anilines is 1. The van der Waals surface area contributed by atoms with Crippen LogP contribution in [0.1, 0.15) is 10.4 Å². The highest BCUT2D eigenvalue weighted by atomic mass is 16.5. The highest BCUT2D eigenvalue weighted by Gasteiger charge is 2.17. The maximum atomic E-state index is 12.5. The predicted molar refractivity (Wildman–Crippen MR) is 119 cm³/mol. The number of benzene rings is 2. The molecule has 2 aromatic rings. The molecule has 2 aromatic carbocycles. The Labute approximate surface area is 183 Å². The molecule has 1 heterocycles. The molecule has 0 radical (unpaired) electrons. The molecule has 0 bridgehead atoms. The molecule has 168 valence electrons. The molecule has 1 saturated heterocycles. The second kappa shape index (κ2) is 11.0. The van der Waals surface area contributed by atoms with Crippen molar-refractivity contribution >= 4 is 11.6 Å². The first-order chi connectivity index (χ1) is 15.0. The third kappa shape index (κ3) is 6.58. The summed E-state index contributed by atoms with van der Waals surface area (Å²) in [4.78, 5) is 17.0. The Bertz CT molecular complexity index is 851. The van der Waals surface area contributed by atoms with E-state index in [1.165, 1.54) is 7.11 Å². The van der Waals surface area contributed by atoms with Crippen LogP contribution in [0.15, 0.2) is 42.5 Å². The summed E-state index contributed by atoms with van der Waals surface area (Å²) in [6.45, 7) is 4.79. The van der Waals surface area contributed by atoms with Gasteiger partial charge < -0.3 is 29.5 Å². The molecular weight excluding hydrogens is 398 g/mol. The Balaban J connectivity index is 1.48. The van der Waals surface area contributed by atoms with Crippen molar-refractivity contribution in [3.05, 3.63) is 48.0 Å². The number of nitrogens with one attached hydrogen (secondary N) is 1. The van der Waals surface area contributed by atoms with E-state index in [0.717, 1.165) is 26.2 Å². The lowest BCUT2D eigenvalue weighted by atomic mass is 10.2. The summed E-state index contributed by atoms with van der Waals surface area (Å²) in [5.41, 5.74) is 1.11. The Morgan fingerprint density at radius 1 is 1.03 bits per heavy atom. The number of piperazine rings is 1. The van der Waals surface area contributed by atoms with Crippen LogP contribution in [-0.4, -0.2) is 87.5 Å².